The first-order chi connectivity index (χ1) is 6.25. The Hall–Kier alpha value is 0.420. The normalized spacial score (nSPS) is 9.71. The van der Waals surface area contributed by atoms with Gasteiger partial charge in [-0.05, 0) is 12.1 Å². The number of rotatable bonds is 1. The average molecular weight is 247 g/mol. The van der Waals surface area contributed by atoms with Gasteiger partial charge in [0.15, 0.2) is 0 Å². The molecule has 1 heterocycles. The molecule has 2 aromatic rings. The van der Waals surface area contributed by atoms with Crippen molar-refractivity contribution < 1.29 is 29.6 Å². The fraction of sp³-hybridized carbons (Fsp3) is 0. The van der Waals surface area contributed by atoms with Crippen molar-refractivity contribution in [1.82, 2.24) is 4.98 Å². The van der Waals surface area contributed by atoms with E-state index in [0.717, 1.165) is 10.5 Å². The van der Waals surface area contributed by atoms with Crippen LogP contribution in [0.15, 0.2) is 35.4 Å². The molecule has 0 unspecified atom stereocenters. The molecule has 0 aliphatic heterocycles. The molecule has 2 rings (SSSR count). The van der Waals surface area contributed by atoms with Crippen LogP contribution >= 0.6 is 24.0 Å². The standard InChI is InChI=1S/C9H7NS3.Na/c11-9(12)13-8-5-6-3-1-2-4-7(6)10-8;/h1-5,10H,(H,11,12);/q;+1/p-1. The van der Waals surface area contributed by atoms with Gasteiger partial charge in [-0.15, -0.1) is 0 Å². The van der Waals surface area contributed by atoms with E-state index in [1.54, 1.807) is 0 Å². The van der Waals surface area contributed by atoms with E-state index >= 15 is 0 Å². The van der Waals surface area contributed by atoms with E-state index in [0.29, 0.717) is 3.53 Å². The summed E-state index contributed by atoms with van der Waals surface area (Å²) in [5, 5.41) is 2.21. The number of benzene rings is 1. The number of H-pyrrole nitrogens is 1. The Morgan fingerprint density at radius 2 is 2.07 bits per heavy atom. The molecule has 0 atom stereocenters. The minimum absolute atomic E-state index is 0. The summed E-state index contributed by atoms with van der Waals surface area (Å²) in [5.74, 6) is 0. The SMILES string of the molecule is S=C([S-])Sc1cc2ccccc2[nH]1.[Na+]. The molecule has 0 aliphatic carbocycles. The quantitative estimate of drug-likeness (QED) is 0.333. The van der Waals surface area contributed by atoms with E-state index in [9.17, 15) is 0 Å². The molecule has 0 aliphatic rings. The maximum atomic E-state index is 4.84. The number of nitrogens with one attached hydrogen (secondary N) is 1. The van der Waals surface area contributed by atoms with Crippen molar-refractivity contribution in [2.45, 2.75) is 5.03 Å². The molecule has 0 amide bonds. The zero-order valence-corrected chi connectivity index (χ0v) is 12.1. The predicted molar refractivity (Wildman–Crippen MR) is 64.1 cm³/mol. The number of hydrogen-bond acceptors (Lipinski definition) is 3. The van der Waals surface area contributed by atoms with Crippen LogP contribution in [-0.2, 0) is 12.6 Å². The molecule has 14 heavy (non-hydrogen) atoms. The van der Waals surface area contributed by atoms with E-state index in [1.165, 1.54) is 17.1 Å². The molecule has 0 fully saturated rings. The largest absolute Gasteiger partial charge is 1.00 e. The van der Waals surface area contributed by atoms with Crippen LogP contribution in [-0.4, -0.2) is 8.51 Å². The minimum Gasteiger partial charge on any atom is -0.421 e. The van der Waals surface area contributed by atoms with Gasteiger partial charge in [0.2, 0.25) is 0 Å². The molecule has 0 radical (unpaired) electrons. The molecule has 0 spiro atoms. The van der Waals surface area contributed by atoms with Crippen molar-refractivity contribution >= 4 is 51.0 Å². The number of para-hydroxylation sites is 1. The van der Waals surface area contributed by atoms with E-state index in [-0.39, 0.29) is 29.6 Å². The van der Waals surface area contributed by atoms with Crippen LogP contribution in [0.3, 0.4) is 0 Å². The van der Waals surface area contributed by atoms with Crippen molar-refractivity contribution in [3.8, 4) is 0 Å². The van der Waals surface area contributed by atoms with Crippen molar-refractivity contribution in [2.75, 3.05) is 0 Å². The fourth-order valence-corrected chi connectivity index (χ4v) is 2.26. The predicted octanol–water partition coefficient (Wildman–Crippen LogP) is 0.0958. The topological polar surface area (TPSA) is 15.8 Å². The van der Waals surface area contributed by atoms with E-state index in [1.807, 2.05) is 18.2 Å². The first-order valence-electron chi connectivity index (χ1n) is 3.72. The number of fused-ring (bicyclic) bond motifs is 1. The molecule has 1 aromatic carbocycles. The summed E-state index contributed by atoms with van der Waals surface area (Å²) < 4.78 is 0.520. The second-order valence-electron chi connectivity index (χ2n) is 2.57. The summed E-state index contributed by atoms with van der Waals surface area (Å²) in [4.78, 5) is 3.24. The van der Waals surface area contributed by atoms with Gasteiger partial charge >= 0.3 is 29.6 Å². The van der Waals surface area contributed by atoms with Gasteiger partial charge < -0.3 is 29.8 Å². The Morgan fingerprint density at radius 1 is 1.36 bits per heavy atom. The van der Waals surface area contributed by atoms with Crippen molar-refractivity contribution in [3.63, 3.8) is 0 Å². The summed E-state index contributed by atoms with van der Waals surface area (Å²) >= 11 is 11.1. The molecule has 1 nitrogen and oxygen atoms in total. The van der Waals surface area contributed by atoms with E-state index in [2.05, 4.69) is 17.1 Å². The first-order valence-corrected chi connectivity index (χ1v) is 5.35. The smallest absolute Gasteiger partial charge is 0.421 e. The Bertz CT molecular complexity index is 419. The number of thiocarbonyl (C=S) groups is 1. The third kappa shape index (κ3) is 2.95. The van der Waals surface area contributed by atoms with Crippen molar-refractivity contribution in [1.29, 1.82) is 0 Å². The maximum absolute atomic E-state index is 4.84. The van der Waals surface area contributed by atoms with Gasteiger partial charge in [0.25, 0.3) is 0 Å². The van der Waals surface area contributed by atoms with Crippen LogP contribution in [0.5, 0.6) is 0 Å². The summed E-state index contributed by atoms with van der Waals surface area (Å²) in [5.41, 5.74) is 1.12. The Labute approximate surface area is 120 Å². The summed E-state index contributed by atoms with van der Waals surface area (Å²) in [7, 11) is 0. The Morgan fingerprint density at radius 3 is 2.71 bits per heavy atom. The summed E-state index contributed by atoms with van der Waals surface area (Å²) in [6.07, 6.45) is 0. The molecule has 0 saturated heterocycles. The first kappa shape index (κ1) is 12.5. The van der Waals surface area contributed by atoms with Crippen LogP contribution in [0.2, 0.25) is 0 Å². The molecule has 0 saturated carbocycles. The molecule has 1 aromatic heterocycles. The third-order valence-corrected chi connectivity index (χ3v) is 2.81. The van der Waals surface area contributed by atoms with E-state index in [4.69, 9.17) is 24.8 Å². The van der Waals surface area contributed by atoms with Gasteiger partial charge in [0, 0.05) is 10.9 Å². The van der Waals surface area contributed by atoms with Gasteiger partial charge in [-0.3, -0.25) is 0 Å². The van der Waals surface area contributed by atoms with E-state index < -0.39 is 0 Å². The molecule has 5 heteroatoms. The third-order valence-electron chi connectivity index (χ3n) is 1.70. The average Bonchev–Trinajstić information content (AvgIpc) is 2.44. The number of hydrogen-bond donors (Lipinski definition) is 1. The molecule has 0 bridgehead atoms. The second kappa shape index (κ2) is 5.49. The number of aromatic amines is 1. The maximum Gasteiger partial charge on any atom is 1.00 e. The van der Waals surface area contributed by atoms with Gasteiger partial charge in [0.05, 0.1) is 5.03 Å². The fourth-order valence-electron chi connectivity index (χ4n) is 1.19. The van der Waals surface area contributed by atoms with Crippen LogP contribution < -0.4 is 29.6 Å². The van der Waals surface area contributed by atoms with Crippen LogP contribution in [0, 0.1) is 0 Å². The van der Waals surface area contributed by atoms with Gasteiger partial charge in [-0.1, -0.05) is 33.5 Å². The molecule has 1 N–H and O–H groups in total. The van der Waals surface area contributed by atoms with Gasteiger partial charge in [0.1, 0.15) is 0 Å². The van der Waals surface area contributed by atoms with Crippen LogP contribution in [0.25, 0.3) is 10.9 Å². The number of aromatic nitrogens is 1. The summed E-state index contributed by atoms with van der Waals surface area (Å²) in [6, 6.07) is 10.2. The minimum atomic E-state index is 0. The van der Waals surface area contributed by atoms with Crippen molar-refractivity contribution in [3.05, 3.63) is 30.3 Å². The summed E-state index contributed by atoms with van der Waals surface area (Å²) in [6.45, 7) is 0. The Kier molecular flexibility index (Phi) is 4.90. The molecular weight excluding hydrogens is 241 g/mol. The molecule has 66 valence electrons. The molecular formula is C9H6NNaS3. The van der Waals surface area contributed by atoms with Crippen LogP contribution in [0.1, 0.15) is 0 Å². The zero-order valence-electron chi connectivity index (χ0n) is 7.61. The van der Waals surface area contributed by atoms with Crippen LogP contribution in [0.4, 0.5) is 0 Å². The van der Waals surface area contributed by atoms with Crippen molar-refractivity contribution in [2.24, 2.45) is 0 Å². The van der Waals surface area contributed by atoms with Gasteiger partial charge in [-0.2, -0.15) is 0 Å². The second-order valence-corrected chi connectivity index (χ2v) is 5.22. The Balaban J connectivity index is 0.000000980. The number of thioether (sulfide) groups is 1. The monoisotopic (exact) mass is 247 g/mol. The van der Waals surface area contributed by atoms with Gasteiger partial charge in [-0.25, -0.2) is 0 Å². The zero-order chi connectivity index (χ0) is 9.26.